The van der Waals surface area contributed by atoms with Crippen molar-refractivity contribution in [1.29, 1.82) is 5.26 Å². The Morgan fingerprint density at radius 3 is 2.30 bits per heavy atom. The second-order valence-corrected chi connectivity index (χ2v) is 11.5. The molecule has 234 valence electrons. The van der Waals surface area contributed by atoms with Crippen LogP contribution >= 0.6 is 11.6 Å². The van der Waals surface area contributed by atoms with Crippen molar-refractivity contribution < 1.29 is 19.1 Å². The van der Waals surface area contributed by atoms with Crippen molar-refractivity contribution in [1.82, 2.24) is 4.57 Å². The Balaban J connectivity index is 1.56. The van der Waals surface area contributed by atoms with Crippen LogP contribution in [0.5, 0.6) is 5.75 Å². The van der Waals surface area contributed by atoms with E-state index in [9.17, 15) is 24.4 Å². The number of anilines is 1. The standard InChI is InChI=1S/C38H30ClN3O5/c1-23-16-27(20-40)8-14-31(23)28-9-4-25(5-10-28)17-35(38(46)41-30-12-6-26(22-43)7-13-30)42-21-36(47-3)34(19-37(42)45)33-18-29(39)11-15-32(33)24(2)44/h4-16,18-19,21-22,35H,17H2,1-3H3,(H,41,46). The average molecular weight is 644 g/mol. The molecule has 1 aromatic heterocycles. The quantitative estimate of drug-likeness (QED) is 0.125. The number of aromatic nitrogens is 1. The van der Waals surface area contributed by atoms with Crippen LogP contribution in [0.25, 0.3) is 22.3 Å². The number of hydrogen-bond donors (Lipinski definition) is 1. The minimum absolute atomic E-state index is 0.156. The van der Waals surface area contributed by atoms with Crippen LogP contribution < -0.4 is 15.6 Å². The van der Waals surface area contributed by atoms with Crippen molar-refractivity contribution in [3.63, 3.8) is 0 Å². The number of aryl methyl sites for hydroxylation is 1. The van der Waals surface area contributed by atoms with E-state index in [4.69, 9.17) is 16.3 Å². The van der Waals surface area contributed by atoms with Gasteiger partial charge < -0.3 is 10.1 Å². The lowest BCUT2D eigenvalue weighted by Crippen LogP contribution is -2.34. The molecule has 1 atom stereocenters. The molecule has 5 aromatic rings. The summed E-state index contributed by atoms with van der Waals surface area (Å²) >= 11 is 6.27. The molecule has 9 heteroatoms. The van der Waals surface area contributed by atoms with E-state index >= 15 is 0 Å². The van der Waals surface area contributed by atoms with E-state index in [0.29, 0.717) is 44.8 Å². The molecule has 0 spiro atoms. The van der Waals surface area contributed by atoms with Gasteiger partial charge in [0.1, 0.15) is 18.1 Å². The van der Waals surface area contributed by atoms with E-state index in [-0.39, 0.29) is 18.0 Å². The first-order valence-corrected chi connectivity index (χ1v) is 15.1. The summed E-state index contributed by atoms with van der Waals surface area (Å²) in [6, 6.07) is 26.9. The van der Waals surface area contributed by atoms with Gasteiger partial charge in [0.05, 0.1) is 24.9 Å². The predicted octanol–water partition coefficient (Wildman–Crippen LogP) is 7.46. The van der Waals surface area contributed by atoms with Gasteiger partial charge in [-0.2, -0.15) is 5.26 Å². The molecule has 0 aliphatic carbocycles. The van der Waals surface area contributed by atoms with Gasteiger partial charge in [-0.15, -0.1) is 0 Å². The fourth-order valence-corrected chi connectivity index (χ4v) is 5.65. The Kier molecular flexibility index (Phi) is 9.79. The highest BCUT2D eigenvalue weighted by Crippen LogP contribution is 2.34. The first kappa shape index (κ1) is 32.6. The molecule has 0 radical (unpaired) electrons. The SMILES string of the molecule is COc1cn(C(Cc2ccc(-c3ccc(C#N)cc3C)cc2)C(=O)Nc2ccc(C=O)cc2)c(=O)cc1-c1cc(Cl)ccc1C(C)=O. The first-order valence-electron chi connectivity index (χ1n) is 14.7. The van der Waals surface area contributed by atoms with Gasteiger partial charge in [-0.25, -0.2) is 0 Å². The summed E-state index contributed by atoms with van der Waals surface area (Å²) in [7, 11) is 1.44. The number of carbonyl (C=O) groups is 3. The number of nitriles is 1. The number of ether oxygens (including phenoxy) is 1. The minimum atomic E-state index is -1.01. The number of aldehydes is 1. The fourth-order valence-electron chi connectivity index (χ4n) is 5.48. The summed E-state index contributed by atoms with van der Waals surface area (Å²) < 4.78 is 7.00. The van der Waals surface area contributed by atoms with Crippen molar-refractivity contribution in [3.8, 4) is 34.1 Å². The Labute approximate surface area is 276 Å². The summed E-state index contributed by atoms with van der Waals surface area (Å²) in [6.45, 7) is 3.37. The predicted molar refractivity (Wildman–Crippen MR) is 182 cm³/mol. The highest BCUT2D eigenvalue weighted by atomic mass is 35.5. The molecule has 0 bridgehead atoms. The number of hydrogen-bond acceptors (Lipinski definition) is 6. The number of Topliss-reactive ketones (excluding diaryl/α,β-unsaturated/α-hetero) is 1. The molecule has 1 heterocycles. The third kappa shape index (κ3) is 7.22. The van der Waals surface area contributed by atoms with Gasteiger partial charge in [-0.1, -0.05) is 41.9 Å². The summed E-state index contributed by atoms with van der Waals surface area (Å²) in [5.41, 5.74) is 5.86. The van der Waals surface area contributed by atoms with Crippen LogP contribution in [0.3, 0.4) is 0 Å². The molecule has 0 saturated carbocycles. The molecule has 0 saturated heterocycles. The summed E-state index contributed by atoms with van der Waals surface area (Å²) in [4.78, 5) is 51.2. The van der Waals surface area contributed by atoms with Crippen LogP contribution in [0, 0.1) is 18.3 Å². The molecule has 47 heavy (non-hydrogen) atoms. The average Bonchev–Trinajstić information content (AvgIpc) is 3.07. The summed E-state index contributed by atoms with van der Waals surface area (Å²) in [6.07, 6.45) is 2.34. The maximum atomic E-state index is 13.9. The number of ketones is 1. The molecule has 1 N–H and O–H groups in total. The van der Waals surface area contributed by atoms with E-state index in [1.54, 1.807) is 48.5 Å². The lowest BCUT2D eigenvalue weighted by molar-refractivity contribution is -0.119. The number of nitrogens with zero attached hydrogens (tertiary/aromatic N) is 2. The summed E-state index contributed by atoms with van der Waals surface area (Å²) in [5, 5.41) is 12.5. The molecule has 8 nitrogen and oxygen atoms in total. The molecule has 0 aliphatic heterocycles. The van der Waals surface area contributed by atoms with Gasteiger partial charge in [0.2, 0.25) is 5.91 Å². The van der Waals surface area contributed by atoms with Crippen molar-refractivity contribution in [2.45, 2.75) is 26.3 Å². The number of nitrogens with one attached hydrogen (secondary N) is 1. The molecule has 5 rings (SSSR count). The van der Waals surface area contributed by atoms with E-state index in [2.05, 4.69) is 11.4 Å². The Morgan fingerprint density at radius 1 is 0.957 bits per heavy atom. The number of amides is 1. The van der Waals surface area contributed by atoms with Gasteiger partial charge in [-0.05, 0) is 96.3 Å². The van der Waals surface area contributed by atoms with Crippen molar-refractivity contribution >= 4 is 35.3 Å². The van der Waals surface area contributed by atoms with Crippen LogP contribution in [0.15, 0.2) is 102 Å². The Morgan fingerprint density at radius 2 is 1.68 bits per heavy atom. The number of carbonyl (C=O) groups excluding carboxylic acids is 3. The lowest BCUT2D eigenvalue weighted by Gasteiger charge is -2.22. The van der Waals surface area contributed by atoms with Gasteiger partial charge in [0.15, 0.2) is 5.78 Å². The number of halogens is 1. The van der Waals surface area contributed by atoms with Gasteiger partial charge in [-0.3, -0.25) is 23.7 Å². The maximum Gasteiger partial charge on any atom is 0.252 e. The largest absolute Gasteiger partial charge is 0.495 e. The number of rotatable bonds is 10. The van der Waals surface area contributed by atoms with Crippen LogP contribution in [-0.4, -0.2) is 29.7 Å². The molecule has 0 fully saturated rings. The third-order valence-electron chi connectivity index (χ3n) is 7.92. The second kappa shape index (κ2) is 14.1. The molecular weight excluding hydrogens is 614 g/mol. The fraction of sp³-hybridized carbons (Fsp3) is 0.132. The van der Waals surface area contributed by atoms with Gasteiger partial charge in [0.25, 0.3) is 5.56 Å². The Bertz CT molecular complexity index is 2090. The monoisotopic (exact) mass is 643 g/mol. The molecular formula is C38H30ClN3O5. The second-order valence-electron chi connectivity index (χ2n) is 11.0. The normalized spacial score (nSPS) is 11.3. The zero-order valence-electron chi connectivity index (χ0n) is 25.9. The summed E-state index contributed by atoms with van der Waals surface area (Å²) in [5.74, 6) is -0.394. The lowest BCUT2D eigenvalue weighted by atomic mass is 9.96. The van der Waals surface area contributed by atoms with Crippen LogP contribution in [-0.2, 0) is 11.2 Å². The minimum Gasteiger partial charge on any atom is -0.495 e. The van der Waals surface area contributed by atoms with E-state index < -0.39 is 17.5 Å². The van der Waals surface area contributed by atoms with E-state index in [1.807, 2.05) is 43.3 Å². The molecule has 0 aliphatic rings. The van der Waals surface area contributed by atoms with Crippen LogP contribution in [0.2, 0.25) is 5.02 Å². The highest BCUT2D eigenvalue weighted by Gasteiger charge is 2.25. The number of pyridine rings is 1. The van der Waals surface area contributed by atoms with Crippen LogP contribution in [0.1, 0.15) is 50.4 Å². The van der Waals surface area contributed by atoms with E-state index in [1.165, 1.54) is 30.9 Å². The van der Waals surface area contributed by atoms with Crippen molar-refractivity contribution in [2.24, 2.45) is 0 Å². The molecule has 4 aromatic carbocycles. The highest BCUT2D eigenvalue weighted by molar-refractivity contribution is 6.31. The Hall–Kier alpha value is -5.78. The smallest absolute Gasteiger partial charge is 0.252 e. The zero-order chi connectivity index (χ0) is 33.7. The number of benzene rings is 4. The first-order chi connectivity index (χ1) is 22.6. The molecule has 1 amide bonds. The van der Waals surface area contributed by atoms with E-state index in [0.717, 1.165) is 22.3 Å². The van der Waals surface area contributed by atoms with Crippen molar-refractivity contribution in [3.05, 3.63) is 140 Å². The zero-order valence-corrected chi connectivity index (χ0v) is 26.7. The maximum absolute atomic E-state index is 13.9. The molecule has 1 unspecified atom stereocenters. The van der Waals surface area contributed by atoms with Gasteiger partial charge >= 0.3 is 0 Å². The third-order valence-corrected chi connectivity index (χ3v) is 8.15. The van der Waals surface area contributed by atoms with Gasteiger partial charge in [0, 0.05) is 39.9 Å². The van der Waals surface area contributed by atoms with Crippen molar-refractivity contribution in [2.75, 3.05) is 12.4 Å². The topological polar surface area (TPSA) is 118 Å². The van der Waals surface area contributed by atoms with Crippen LogP contribution in [0.4, 0.5) is 5.69 Å². The number of methoxy groups -OCH3 is 1.